The van der Waals surface area contributed by atoms with Gasteiger partial charge in [0.15, 0.2) is 5.17 Å². The van der Waals surface area contributed by atoms with Crippen molar-refractivity contribution in [3.8, 4) is 5.75 Å². The van der Waals surface area contributed by atoms with E-state index in [4.69, 9.17) is 4.99 Å². The number of aliphatic imine (C=N–C) groups is 1. The van der Waals surface area contributed by atoms with Gasteiger partial charge in [-0.25, -0.2) is 4.99 Å². The Morgan fingerprint density at radius 2 is 1.79 bits per heavy atom. The number of carbonyl (C=O) groups excluding carboxylic acids is 1. The van der Waals surface area contributed by atoms with Crippen molar-refractivity contribution in [2.75, 3.05) is 7.05 Å². The van der Waals surface area contributed by atoms with Crippen LogP contribution in [-0.4, -0.2) is 28.1 Å². The number of para-hydroxylation sites is 1. The molecule has 4 nitrogen and oxygen atoms in total. The van der Waals surface area contributed by atoms with Crippen LogP contribution in [0.5, 0.6) is 5.75 Å². The number of phenolic OH excluding ortho intramolecular Hbond substituents is 1. The zero-order chi connectivity index (χ0) is 17.3. The summed E-state index contributed by atoms with van der Waals surface area (Å²) in [6.45, 7) is 4.02. The van der Waals surface area contributed by atoms with Crippen molar-refractivity contribution < 1.29 is 9.90 Å². The van der Waals surface area contributed by atoms with Crippen LogP contribution in [0.4, 0.5) is 5.69 Å². The normalized spacial score (nSPS) is 18.0. The fraction of sp³-hybridized carbons (Fsp3) is 0.158. The molecule has 0 aromatic heterocycles. The second-order valence-corrected chi connectivity index (χ2v) is 6.71. The number of aryl methyl sites for hydroxylation is 2. The summed E-state index contributed by atoms with van der Waals surface area (Å²) in [5.41, 5.74) is 3.84. The first-order chi connectivity index (χ1) is 11.5. The lowest BCUT2D eigenvalue weighted by Crippen LogP contribution is -2.23. The number of hydrogen-bond acceptors (Lipinski definition) is 4. The van der Waals surface area contributed by atoms with Gasteiger partial charge in [0.25, 0.3) is 5.91 Å². The SMILES string of the molecule is Cc1cccc(C)c1N=C1S/C(=C\c2cccc(O)c2)C(=O)N1C. The molecule has 0 bridgehead atoms. The van der Waals surface area contributed by atoms with Gasteiger partial charge in [-0.2, -0.15) is 0 Å². The standard InChI is InChI=1S/C19H18N2O2S/c1-12-6-4-7-13(2)17(12)20-19-21(3)18(23)16(24-19)11-14-8-5-9-15(22)10-14/h4-11,22H,1-3H3/b16-11-,20-19?. The number of aromatic hydroxyl groups is 1. The Morgan fingerprint density at radius 1 is 1.12 bits per heavy atom. The van der Waals surface area contributed by atoms with Crippen molar-refractivity contribution in [3.05, 3.63) is 64.1 Å². The quantitative estimate of drug-likeness (QED) is 0.833. The maximum atomic E-state index is 12.5. The molecule has 0 aliphatic carbocycles. The highest BCUT2D eigenvalue weighted by Crippen LogP contribution is 2.34. The number of phenols is 1. The average molecular weight is 338 g/mol. The molecule has 2 aromatic rings. The molecule has 1 saturated heterocycles. The number of hydrogen-bond donors (Lipinski definition) is 1. The fourth-order valence-electron chi connectivity index (χ4n) is 2.50. The van der Waals surface area contributed by atoms with Crippen molar-refractivity contribution >= 4 is 34.6 Å². The maximum Gasteiger partial charge on any atom is 0.266 e. The Balaban J connectivity index is 1.96. The van der Waals surface area contributed by atoms with E-state index in [9.17, 15) is 9.90 Å². The van der Waals surface area contributed by atoms with Gasteiger partial charge in [-0.05, 0) is 60.5 Å². The van der Waals surface area contributed by atoms with E-state index >= 15 is 0 Å². The number of carbonyl (C=O) groups is 1. The second-order valence-electron chi connectivity index (χ2n) is 5.70. The molecule has 0 radical (unpaired) electrons. The molecule has 1 aliphatic rings. The van der Waals surface area contributed by atoms with E-state index in [1.807, 2.05) is 38.1 Å². The Labute approximate surface area is 145 Å². The molecule has 1 aliphatic heterocycles. The summed E-state index contributed by atoms with van der Waals surface area (Å²) in [7, 11) is 1.73. The lowest BCUT2D eigenvalue weighted by atomic mass is 10.1. The molecule has 122 valence electrons. The Hall–Kier alpha value is -2.53. The van der Waals surface area contributed by atoms with Crippen LogP contribution >= 0.6 is 11.8 Å². The molecule has 0 unspecified atom stereocenters. The Morgan fingerprint density at radius 3 is 2.46 bits per heavy atom. The number of thioether (sulfide) groups is 1. The molecule has 1 heterocycles. The topological polar surface area (TPSA) is 52.9 Å². The van der Waals surface area contributed by atoms with Crippen molar-refractivity contribution in [3.63, 3.8) is 0 Å². The van der Waals surface area contributed by atoms with Crippen LogP contribution in [0.3, 0.4) is 0 Å². The zero-order valence-electron chi connectivity index (χ0n) is 13.8. The van der Waals surface area contributed by atoms with Gasteiger partial charge in [0.05, 0.1) is 10.6 Å². The third-order valence-corrected chi connectivity index (χ3v) is 4.88. The van der Waals surface area contributed by atoms with E-state index in [1.54, 1.807) is 36.2 Å². The van der Waals surface area contributed by atoms with E-state index in [-0.39, 0.29) is 11.7 Å². The van der Waals surface area contributed by atoms with E-state index in [0.29, 0.717) is 10.1 Å². The van der Waals surface area contributed by atoms with Gasteiger partial charge >= 0.3 is 0 Å². The number of benzene rings is 2. The smallest absolute Gasteiger partial charge is 0.266 e. The minimum atomic E-state index is -0.0895. The third-order valence-electron chi connectivity index (χ3n) is 3.82. The van der Waals surface area contributed by atoms with Crippen LogP contribution < -0.4 is 0 Å². The summed E-state index contributed by atoms with van der Waals surface area (Å²) in [4.78, 5) is 19.3. The van der Waals surface area contributed by atoms with Crippen molar-refractivity contribution in [1.82, 2.24) is 4.90 Å². The molecule has 24 heavy (non-hydrogen) atoms. The first kappa shape index (κ1) is 16.3. The van der Waals surface area contributed by atoms with Crippen molar-refractivity contribution in [1.29, 1.82) is 0 Å². The van der Waals surface area contributed by atoms with Crippen LogP contribution in [0.25, 0.3) is 6.08 Å². The molecule has 2 aromatic carbocycles. The van der Waals surface area contributed by atoms with E-state index in [0.717, 1.165) is 22.4 Å². The summed E-state index contributed by atoms with van der Waals surface area (Å²) in [5.74, 6) is 0.0888. The summed E-state index contributed by atoms with van der Waals surface area (Å²) < 4.78 is 0. The summed E-state index contributed by atoms with van der Waals surface area (Å²) >= 11 is 1.35. The van der Waals surface area contributed by atoms with E-state index in [2.05, 4.69) is 0 Å². The van der Waals surface area contributed by atoms with Gasteiger partial charge in [0, 0.05) is 7.05 Å². The van der Waals surface area contributed by atoms with Crippen molar-refractivity contribution in [2.24, 2.45) is 4.99 Å². The van der Waals surface area contributed by atoms with Gasteiger partial charge in [-0.1, -0.05) is 30.3 Å². The maximum absolute atomic E-state index is 12.5. The number of likely N-dealkylation sites (N-methyl/N-ethyl adjacent to an activating group) is 1. The first-order valence-corrected chi connectivity index (χ1v) is 8.39. The highest BCUT2D eigenvalue weighted by molar-refractivity contribution is 8.18. The van der Waals surface area contributed by atoms with Gasteiger partial charge in [0.1, 0.15) is 5.75 Å². The number of amides is 1. The van der Waals surface area contributed by atoms with E-state index in [1.165, 1.54) is 11.8 Å². The number of amidine groups is 1. The highest BCUT2D eigenvalue weighted by atomic mass is 32.2. The molecule has 5 heteroatoms. The van der Waals surface area contributed by atoms with Crippen LogP contribution in [-0.2, 0) is 4.79 Å². The summed E-state index contributed by atoms with van der Waals surface area (Å²) in [5, 5.41) is 10.2. The lowest BCUT2D eigenvalue weighted by Gasteiger charge is -2.09. The largest absolute Gasteiger partial charge is 0.508 e. The molecule has 1 amide bonds. The van der Waals surface area contributed by atoms with Gasteiger partial charge in [-0.15, -0.1) is 0 Å². The van der Waals surface area contributed by atoms with Gasteiger partial charge in [-0.3, -0.25) is 9.69 Å². The molecule has 0 spiro atoms. The number of nitrogens with zero attached hydrogens (tertiary/aromatic N) is 2. The van der Waals surface area contributed by atoms with Crippen LogP contribution in [0, 0.1) is 13.8 Å². The molecule has 1 fully saturated rings. The molecule has 0 atom stereocenters. The second kappa shape index (κ2) is 6.53. The highest BCUT2D eigenvalue weighted by Gasteiger charge is 2.30. The van der Waals surface area contributed by atoms with Gasteiger partial charge < -0.3 is 5.11 Å². The number of rotatable bonds is 2. The monoisotopic (exact) mass is 338 g/mol. The minimum Gasteiger partial charge on any atom is -0.508 e. The summed E-state index contributed by atoms with van der Waals surface area (Å²) in [6, 6.07) is 12.8. The predicted octanol–water partition coefficient (Wildman–Crippen LogP) is 4.24. The van der Waals surface area contributed by atoms with E-state index < -0.39 is 0 Å². The third kappa shape index (κ3) is 3.21. The van der Waals surface area contributed by atoms with Crippen LogP contribution in [0.1, 0.15) is 16.7 Å². The molecule has 0 saturated carbocycles. The van der Waals surface area contributed by atoms with Crippen LogP contribution in [0.15, 0.2) is 52.4 Å². The predicted molar refractivity (Wildman–Crippen MR) is 99.5 cm³/mol. The molecular formula is C19H18N2O2S. The fourth-order valence-corrected chi connectivity index (χ4v) is 3.47. The van der Waals surface area contributed by atoms with Crippen molar-refractivity contribution in [2.45, 2.75) is 13.8 Å². The molecular weight excluding hydrogens is 320 g/mol. The Kier molecular flexibility index (Phi) is 4.44. The lowest BCUT2D eigenvalue weighted by molar-refractivity contribution is -0.121. The average Bonchev–Trinajstić information content (AvgIpc) is 2.79. The van der Waals surface area contributed by atoms with Gasteiger partial charge in [0.2, 0.25) is 0 Å². The molecule has 3 rings (SSSR count). The summed E-state index contributed by atoms with van der Waals surface area (Å²) in [6.07, 6.45) is 1.77. The first-order valence-electron chi connectivity index (χ1n) is 7.57. The minimum absolute atomic E-state index is 0.0895. The zero-order valence-corrected chi connectivity index (χ0v) is 14.6. The molecule has 1 N–H and O–H groups in total. The Bertz CT molecular complexity index is 851. The van der Waals surface area contributed by atoms with Crippen LogP contribution in [0.2, 0.25) is 0 Å².